The molecule has 0 unspecified atom stereocenters. The van der Waals surface area contributed by atoms with Gasteiger partial charge in [-0.05, 0) is 46.5 Å². The lowest BCUT2D eigenvalue weighted by Gasteiger charge is -2.30. The van der Waals surface area contributed by atoms with E-state index in [2.05, 4.69) is 20.6 Å². The summed E-state index contributed by atoms with van der Waals surface area (Å²) >= 11 is 0. The summed E-state index contributed by atoms with van der Waals surface area (Å²) in [6.07, 6.45) is 5.47. The largest absolute Gasteiger partial charge is 0.460 e. The molecule has 1 aromatic heterocycles. The Kier molecular flexibility index (Phi) is 5.15. The second kappa shape index (κ2) is 6.89. The molecular formula is C15H23FN4O2. The van der Waals surface area contributed by atoms with Crippen LogP contribution in [0, 0.1) is 5.82 Å². The monoisotopic (exact) mass is 310 g/mol. The number of hydrogen-bond donors (Lipinski definition) is 2. The van der Waals surface area contributed by atoms with E-state index in [0.29, 0.717) is 0 Å². The molecule has 1 fully saturated rings. The number of nitrogens with zero attached hydrogens (tertiary/aromatic N) is 2. The Balaban J connectivity index is 1.73. The van der Waals surface area contributed by atoms with E-state index in [4.69, 9.17) is 4.74 Å². The Labute approximate surface area is 129 Å². The van der Waals surface area contributed by atoms with E-state index in [1.807, 2.05) is 20.8 Å². The second-order valence-electron chi connectivity index (χ2n) is 6.62. The van der Waals surface area contributed by atoms with Gasteiger partial charge in [0.05, 0.1) is 12.4 Å². The van der Waals surface area contributed by atoms with E-state index in [1.165, 1.54) is 0 Å². The van der Waals surface area contributed by atoms with Crippen molar-refractivity contribution in [2.24, 2.45) is 0 Å². The van der Waals surface area contributed by atoms with Crippen molar-refractivity contribution in [3.63, 3.8) is 0 Å². The van der Waals surface area contributed by atoms with Crippen LogP contribution in [0.2, 0.25) is 0 Å². The zero-order valence-electron chi connectivity index (χ0n) is 13.2. The van der Waals surface area contributed by atoms with Crippen molar-refractivity contribution in [1.82, 2.24) is 20.6 Å². The number of hydrogen-bond acceptors (Lipinski definition) is 4. The van der Waals surface area contributed by atoms with Crippen LogP contribution in [-0.4, -0.2) is 33.7 Å². The Bertz CT molecular complexity index is 493. The van der Waals surface area contributed by atoms with Gasteiger partial charge < -0.3 is 15.4 Å². The quantitative estimate of drug-likeness (QED) is 0.899. The molecule has 7 heteroatoms. The highest BCUT2D eigenvalue weighted by atomic mass is 19.1. The van der Waals surface area contributed by atoms with Crippen molar-refractivity contribution in [2.45, 2.75) is 64.1 Å². The zero-order valence-corrected chi connectivity index (χ0v) is 13.2. The summed E-state index contributed by atoms with van der Waals surface area (Å²) in [5.41, 5.74) is -0.246. The van der Waals surface area contributed by atoms with Crippen molar-refractivity contribution < 1.29 is 13.9 Å². The van der Waals surface area contributed by atoms with E-state index >= 15 is 0 Å². The number of nitrogens with one attached hydrogen (secondary N) is 2. The Hall–Kier alpha value is -1.92. The lowest BCUT2D eigenvalue weighted by atomic mass is 9.93. The van der Waals surface area contributed by atoms with Crippen LogP contribution in [0.5, 0.6) is 6.01 Å². The Morgan fingerprint density at radius 2 is 1.82 bits per heavy atom. The van der Waals surface area contributed by atoms with Gasteiger partial charge >= 0.3 is 12.0 Å². The predicted molar refractivity (Wildman–Crippen MR) is 80.1 cm³/mol. The average molecular weight is 310 g/mol. The van der Waals surface area contributed by atoms with Gasteiger partial charge in [0, 0.05) is 11.6 Å². The molecule has 0 spiro atoms. The van der Waals surface area contributed by atoms with Crippen LogP contribution < -0.4 is 15.4 Å². The minimum atomic E-state index is -0.481. The van der Waals surface area contributed by atoms with Crippen LogP contribution in [-0.2, 0) is 0 Å². The Morgan fingerprint density at radius 1 is 1.23 bits per heavy atom. The molecule has 1 saturated carbocycles. The first-order valence-electron chi connectivity index (χ1n) is 7.55. The molecule has 122 valence electrons. The summed E-state index contributed by atoms with van der Waals surface area (Å²) < 4.78 is 18.4. The van der Waals surface area contributed by atoms with E-state index in [1.54, 1.807) is 0 Å². The molecule has 22 heavy (non-hydrogen) atoms. The van der Waals surface area contributed by atoms with Crippen molar-refractivity contribution in [3.8, 4) is 6.01 Å². The highest BCUT2D eigenvalue weighted by Gasteiger charge is 2.25. The summed E-state index contributed by atoms with van der Waals surface area (Å²) in [4.78, 5) is 19.4. The van der Waals surface area contributed by atoms with Gasteiger partial charge in [0.1, 0.15) is 6.10 Å². The molecule has 2 N–H and O–H groups in total. The molecule has 1 heterocycles. The molecule has 1 aliphatic carbocycles. The van der Waals surface area contributed by atoms with Gasteiger partial charge in [-0.15, -0.1) is 0 Å². The maximum atomic E-state index is 12.7. The lowest BCUT2D eigenvalue weighted by Crippen LogP contribution is -2.50. The topological polar surface area (TPSA) is 76.1 Å². The molecule has 2 amide bonds. The molecule has 0 atom stereocenters. The first-order valence-corrected chi connectivity index (χ1v) is 7.55. The third-order valence-electron chi connectivity index (χ3n) is 3.37. The van der Waals surface area contributed by atoms with Crippen LogP contribution in [0.3, 0.4) is 0 Å². The number of amides is 2. The molecule has 0 radical (unpaired) electrons. The average Bonchev–Trinajstić information content (AvgIpc) is 2.41. The highest BCUT2D eigenvalue weighted by molar-refractivity contribution is 5.74. The molecule has 0 aromatic carbocycles. The van der Waals surface area contributed by atoms with Gasteiger partial charge in [-0.2, -0.15) is 0 Å². The zero-order chi connectivity index (χ0) is 16.2. The second-order valence-corrected chi connectivity index (χ2v) is 6.62. The fourth-order valence-corrected chi connectivity index (χ4v) is 2.40. The van der Waals surface area contributed by atoms with Gasteiger partial charge in [0.2, 0.25) is 0 Å². The van der Waals surface area contributed by atoms with Gasteiger partial charge in [-0.25, -0.2) is 19.2 Å². The number of ether oxygens (including phenoxy) is 1. The van der Waals surface area contributed by atoms with Crippen molar-refractivity contribution in [3.05, 3.63) is 18.2 Å². The van der Waals surface area contributed by atoms with Crippen LogP contribution in [0.4, 0.5) is 9.18 Å². The Morgan fingerprint density at radius 3 is 2.36 bits per heavy atom. The summed E-state index contributed by atoms with van der Waals surface area (Å²) in [5, 5.41) is 5.87. The molecule has 0 aliphatic heterocycles. The van der Waals surface area contributed by atoms with Crippen LogP contribution in [0.1, 0.15) is 46.5 Å². The SMILES string of the molecule is CC(C)(C)NC(=O)NC1CCC(Oc2ncc(F)cn2)CC1. The maximum Gasteiger partial charge on any atom is 0.316 e. The van der Waals surface area contributed by atoms with E-state index < -0.39 is 5.82 Å². The van der Waals surface area contributed by atoms with Gasteiger partial charge in [-0.1, -0.05) is 0 Å². The first kappa shape index (κ1) is 16.5. The summed E-state index contributed by atoms with van der Waals surface area (Å²) in [5.74, 6) is -0.481. The maximum absolute atomic E-state index is 12.7. The third-order valence-corrected chi connectivity index (χ3v) is 3.37. The fraction of sp³-hybridized carbons (Fsp3) is 0.667. The number of carbonyl (C=O) groups excluding carboxylic acids is 1. The molecule has 1 aliphatic rings. The number of carbonyl (C=O) groups is 1. The normalized spacial score (nSPS) is 22.0. The number of urea groups is 1. The first-order chi connectivity index (χ1) is 10.3. The fourth-order valence-electron chi connectivity index (χ4n) is 2.40. The number of rotatable bonds is 3. The van der Waals surface area contributed by atoms with Crippen molar-refractivity contribution in [2.75, 3.05) is 0 Å². The number of aromatic nitrogens is 2. The predicted octanol–water partition coefficient (Wildman–Crippen LogP) is 2.40. The van der Waals surface area contributed by atoms with Gasteiger partial charge in [0.25, 0.3) is 0 Å². The summed E-state index contributed by atoms with van der Waals surface area (Å²) in [6, 6.07) is 0.207. The molecule has 0 saturated heterocycles. The van der Waals surface area contributed by atoms with Crippen LogP contribution in [0.15, 0.2) is 12.4 Å². The standard InChI is InChI=1S/C15H23FN4O2/c1-15(2,3)20-13(21)19-11-4-6-12(7-5-11)22-14-17-8-10(16)9-18-14/h8-9,11-12H,4-7H2,1-3H3,(H2,19,20,21). The summed E-state index contributed by atoms with van der Waals surface area (Å²) in [6.45, 7) is 5.83. The van der Waals surface area contributed by atoms with Gasteiger partial charge in [0.15, 0.2) is 5.82 Å². The smallest absolute Gasteiger partial charge is 0.316 e. The van der Waals surface area contributed by atoms with E-state index in [-0.39, 0.29) is 29.7 Å². The molecular weight excluding hydrogens is 287 g/mol. The molecule has 2 rings (SSSR count). The molecule has 0 bridgehead atoms. The minimum Gasteiger partial charge on any atom is -0.460 e. The van der Waals surface area contributed by atoms with Crippen LogP contribution in [0.25, 0.3) is 0 Å². The number of halogens is 1. The molecule has 6 nitrogen and oxygen atoms in total. The lowest BCUT2D eigenvalue weighted by molar-refractivity contribution is 0.128. The summed E-state index contributed by atoms with van der Waals surface area (Å²) in [7, 11) is 0. The van der Waals surface area contributed by atoms with Crippen LogP contribution >= 0.6 is 0 Å². The minimum absolute atomic E-state index is 0.00851. The van der Waals surface area contributed by atoms with Crippen molar-refractivity contribution >= 4 is 6.03 Å². The molecule has 1 aromatic rings. The third kappa shape index (κ3) is 5.46. The van der Waals surface area contributed by atoms with E-state index in [9.17, 15) is 9.18 Å². The van der Waals surface area contributed by atoms with E-state index in [0.717, 1.165) is 38.1 Å². The highest BCUT2D eigenvalue weighted by Crippen LogP contribution is 2.22. The van der Waals surface area contributed by atoms with Gasteiger partial charge in [-0.3, -0.25) is 0 Å². The van der Waals surface area contributed by atoms with Crippen molar-refractivity contribution in [1.29, 1.82) is 0 Å².